The average molecular weight is 435 g/mol. The number of amides is 1. The summed E-state index contributed by atoms with van der Waals surface area (Å²) >= 11 is 1.33. The third-order valence-corrected chi connectivity index (χ3v) is 5.39. The molecule has 0 atom stereocenters. The maximum absolute atomic E-state index is 12.5. The second kappa shape index (κ2) is 9.99. The van der Waals surface area contributed by atoms with E-state index in [2.05, 4.69) is 15.5 Å². The Balaban J connectivity index is 1.46. The molecule has 1 N–H and O–H groups in total. The highest BCUT2D eigenvalue weighted by atomic mass is 32.2. The van der Waals surface area contributed by atoms with E-state index in [0.717, 1.165) is 28.6 Å². The summed E-state index contributed by atoms with van der Waals surface area (Å²) in [6.07, 6.45) is 1.64. The summed E-state index contributed by atoms with van der Waals surface area (Å²) in [6.45, 7) is 3.01. The van der Waals surface area contributed by atoms with Crippen LogP contribution in [0.25, 0.3) is 11.4 Å². The average Bonchev–Trinajstić information content (AvgIpc) is 3.45. The standard InChI is InChI=1S/C23H22N4O3S/c1-2-29-19-12-10-18(11-13-19)24-21(28)16-31-23-26-25-22(17-7-4-3-5-8-17)27(23)15-20-9-6-14-30-20/h3-14H,2,15-16H2,1H3,(H,24,28). The first-order valence-electron chi connectivity index (χ1n) is 9.89. The molecule has 0 saturated heterocycles. The Bertz CT molecular complexity index is 1110. The Kier molecular flexibility index (Phi) is 6.68. The van der Waals surface area contributed by atoms with Gasteiger partial charge < -0.3 is 14.5 Å². The van der Waals surface area contributed by atoms with Crippen LogP contribution in [0.2, 0.25) is 0 Å². The molecule has 4 aromatic rings. The number of aromatic nitrogens is 3. The summed E-state index contributed by atoms with van der Waals surface area (Å²) in [5, 5.41) is 12.2. The van der Waals surface area contributed by atoms with Crippen molar-refractivity contribution in [2.24, 2.45) is 0 Å². The van der Waals surface area contributed by atoms with E-state index in [0.29, 0.717) is 18.3 Å². The minimum atomic E-state index is -0.122. The van der Waals surface area contributed by atoms with Crippen LogP contribution in [0, 0.1) is 0 Å². The third-order valence-electron chi connectivity index (χ3n) is 4.42. The highest BCUT2D eigenvalue weighted by molar-refractivity contribution is 7.99. The predicted molar refractivity (Wildman–Crippen MR) is 120 cm³/mol. The second-order valence-electron chi connectivity index (χ2n) is 6.63. The van der Waals surface area contributed by atoms with E-state index in [9.17, 15) is 4.79 Å². The number of ether oxygens (including phenoxy) is 1. The summed E-state index contributed by atoms with van der Waals surface area (Å²) in [6, 6.07) is 20.9. The van der Waals surface area contributed by atoms with Gasteiger partial charge >= 0.3 is 0 Å². The van der Waals surface area contributed by atoms with Crippen LogP contribution in [-0.2, 0) is 11.3 Å². The Labute approximate surface area is 184 Å². The molecule has 0 aliphatic carbocycles. The normalized spacial score (nSPS) is 10.7. The van der Waals surface area contributed by atoms with Gasteiger partial charge in [-0.1, -0.05) is 42.1 Å². The number of anilines is 1. The monoisotopic (exact) mass is 434 g/mol. The van der Waals surface area contributed by atoms with Crippen molar-refractivity contribution in [2.45, 2.75) is 18.6 Å². The first-order chi connectivity index (χ1) is 15.2. The molecule has 0 spiro atoms. The zero-order valence-electron chi connectivity index (χ0n) is 17.0. The molecule has 7 nitrogen and oxygen atoms in total. The SMILES string of the molecule is CCOc1ccc(NC(=O)CSc2nnc(-c3ccccc3)n2Cc2ccco2)cc1. The topological polar surface area (TPSA) is 82.2 Å². The lowest BCUT2D eigenvalue weighted by atomic mass is 10.2. The smallest absolute Gasteiger partial charge is 0.234 e. The molecule has 158 valence electrons. The highest BCUT2D eigenvalue weighted by Gasteiger charge is 2.17. The molecule has 8 heteroatoms. The Morgan fingerprint density at radius 3 is 2.58 bits per heavy atom. The van der Waals surface area contributed by atoms with Gasteiger partial charge in [0.05, 0.1) is 25.2 Å². The number of benzene rings is 2. The van der Waals surface area contributed by atoms with Crippen LogP contribution in [0.5, 0.6) is 5.75 Å². The summed E-state index contributed by atoms with van der Waals surface area (Å²) in [4.78, 5) is 12.5. The van der Waals surface area contributed by atoms with Crippen LogP contribution in [0.4, 0.5) is 5.69 Å². The van der Waals surface area contributed by atoms with E-state index in [1.165, 1.54) is 11.8 Å². The molecular weight excluding hydrogens is 412 g/mol. The maximum Gasteiger partial charge on any atom is 0.234 e. The lowest BCUT2D eigenvalue weighted by molar-refractivity contribution is -0.113. The number of rotatable bonds is 9. The summed E-state index contributed by atoms with van der Waals surface area (Å²) in [5.41, 5.74) is 1.67. The number of carbonyl (C=O) groups is 1. The molecule has 2 aromatic carbocycles. The Morgan fingerprint density at radius 1 is 1.06 bits per heavy atom. The van der Waals surface area contributed by atoms with E-state index in [-0.39, 0.29) is 11.7 Å². The van der Waals surface area contributed by atoms with Crippen molar-refractivity contribution in [2.75, 3.05) is 17.7 Å². The van der Waals surface area contributed by atoms with Gasteiger partial charge in [0, 0.05) is 11.3 Å². The second-order valence-corrected chi connectivity index (χ2v) is 7.57. The molecule has 31 heavy (non-hydrogen) atoms. The summed E-state index contributed by atoms with van der Waals surface area (Å²) < 4.78 is 12.9. The zero-order chi connectivity index (χ0) is 21.5. The molecule has 2 heterocycles. The van der Waals surface area contributed by atoms with Crippen molar-refractivity contribution in [3.05, 3.63) is 78.8 Å². The van der Waals surface area contributed by atoms with E-state index >= 15 is 0 Å². The lowest BCUT2D eigenvalue weighted by Crippen LogP contribution is -2.14. The molecule has 0 radical (unpaired) electrons. The van der Waals surface area contributed by atoms with Crippen molar-refractivity contribution in [1.29, 1.82) is 0 Å². The van der Waals surface area contributed by atoms with Gasteiger partial charge in [0.15, 0.2) is 11.0 Å². The van der Waals surface area contributed by atoms with Crippen molar-refractivity contribution >= 4 is 23.4 Å². The largest absolute Gasteiger partial charge is 0.494 e. The molecular formula is C23H22N4O3S. The van der Waals surface area contributed by atoms with Crippen LogP contribution in [0.1, 0.15) is 12.7 Å². The fourth-order valence-corrected chi connectivity index (χ4v) is 3.76. The van der Waals surface area contributed by atoms with Gasteiger partial charge in [-0.05, 0) is 43.3 Å². The number of nitrogens with one attached hydrogen (secondary N) is 1. The van der Waals surface area contributed by atoms with Crippen LogP contribution in [0.15, 0.2) is 82.6 Å². The van der Waals surface area contributed by atoms with Crippen LogP contribution in [0.3, 0.4) is 0 Å². The zero-order valence-corrected chi connectivity index (χ0v) is 17.8. The molecule has 2 aromatic heterocycles. The number of carbonyl (C=O) groups excluding carboxylic acids is 1. The lowest BCUT2D eigenvalue weighted by Gasteiger charge is -2.09. The number of nitrogens with zero attached hydrogens (tertiary/aromatic N) is 3. The van der Waals surface area contributed by atoms with Crippen molar-refractivity contribution in [3.63, 3.8) is 0 Å². The van der Waals surface area contributed by atoms with Gasteiger partial charge in [-0.2, -0.15) is 0 Å². The van der Waals surface area contributed by atoms with Crippen LogP contribution >= 0.6 is 11.8 Å². The van der Waals surface area contributed by atoms with Gasteiger partial charge in [0.25, 0.3) is 0 Å². The van der Waals surface area contributed by atoms with E-state index in [1.807, 2.05) is 78.2 Å². The Morgan fingerprint density at radius 2 is 1.87 bits per heavy atom. The van der Waals surface area contributed by atoms with Crippen LogP contribution < -0.4 is 10.1 Å². The minimum Gasteiger partial charge on any atom is -0.494 e. The van der Waals surface area contributed by atoms with E-state index in [1.54, 1.807) is 6.26 Å². The minimum absolute atomic E-state index is 0.122. The molecule has 0 unspecified atom stereocenters. The van der Waals surface area contributed by atoms with Crippen molar-refractivity contribution in [1.82, 2.24) is 14.8 Å². The maximum atomic E-state index is 12.5. The fourth-order valence-electron chi connectivity index (χ4n) is 3.03. The molecule has 0 aliphatic heterocycles. The van der Waals surface area contributed by atoms with E-state index in [4.69, 9.17) is 9.15 Å². The molecule has 4 rings (SSSR count). The van der Waals surface area contributed by atoms with Gasteiger partial charge in [-0.15, -0.1) is 10.2 Å². The third kappa shape index (κ3) is 5.35. The molecule has 0 bridgehead atoms. The fraction of sp³-hybridized carbons (Fsp3) is 0.174. The first-order valence-corrected chi connectivity index (χ1v) is 10.9. The molecule has 1 amide bonds. The first kappa shape index (κ1) is 20.7. The molecule has 0 saturated carbocycles. The van der Waals surface area contributed by atoms with Gasteiger partial charge in [-0.3, -0.25) is 9.36 Å². The number of hydrogen-bond acceptors (Lipinski definition) is 6. The quantitative estimate of drug-likeness (QED) is 0.384. The van der Waals surface area contributed by atoms with Gasteiger partial charge in [0.1, 0.15) is 11.5 Å². The number of hydrogen-bond donors (Lipinski definition) is 1. The molecule has 0 fully saturated rings. The number of furan rings is 1. The van der Waals surface area contributed by atoms with E-state index < -0.39 is 0 Å². The summed E-state index contributed by atoms with van der Waals surface area (Å²) in [5.74, 6) is 2.37. The van der Waals surface area contributed by atoms with Gasteiger partial charge in [0.2, 0.25) is 5.91 Å². The van der Waals surface area contributed by atoms with Crippen LogP contribution in [-0.4, -0.2) is 33.0 Å². The summed E-state index contributed by atoms with van der Waals surface area (Å²) in [7, 11) is 0. The predicted octanol–water partition coefficient (Wildman–Crippen LogP) is 4.72. The molecule has 0 aliphatic rings. The number of thioether (sulfide) groups is 1. The van der Waals surface area contributed by atoms with Crippen molar-refractivity contribution < 1.29 is 13.9 Å². The van der Waals surface area contributed by atoms with Gasteiger partial charge in [-0.25, -0.2) is 0 Å². The van der Waals surface area contributed by atoms with Crippen molar-refractivity contribution in [3.8, 4) is 17.1 Å². The Hall–Kier alpha value is -3.52. The highest BCUT2D eigenvalue weighted by Crippen LogP contribution is 2.25.